The van der Waals surface area contributed by atoms with Gasteiger partial charge < -0.3 is 4.74 Å². The van der Waals surface area contributed by atoms with Gasteiger partial charge in [-0.25, -0.2) is 10.2 Å². The molecule has 0 saturated heterocycles. The summed E-state index contributed by atoms with van der Waals surface area (Å²) in [5.41, 5.74) is 1.57. The number of rotatable bonds is 4. The highest BCUT2D eigenvalue weighted by molar-refractivity contribution is 5.86. The summed E-state index contributed by atoms with van der Waals surface area (Å²) in [6.07, 6.45) is 0. The second-order valence-electron chi connectivity index (χ2n) is 4.90. The summed E-state index contributed by atoms with van der Waals surface area (Å²) in [6, 6.07) is 6.49. The smallest absolute Gasteiger partial charge is 0.376 e. The monoisotopic (exact) mass is 327 g/mol. The van der Waals surface area contributed by atoms with Crippen LogP contribution in [0.1, 0.15) is 17.5 Å². The molecule has 3 aromatic rings. The zero-order valence-electron chi connectivity index (χ0n) is 12.9. The lowest BCUT2D eigenvalue weighted by Crippen LogP contribution is -2.32. The van der Waals surface area contributed by atoms with Gasteiger partial charge in [0.2, 0.25) is 22.6 Å². The average molecular weight is 327 g/mol. The fraction of sp³-hybridized carbons (Fsp3) is 0.200. The highest BCUT2D eigenvalue weighted by atomic mass is 16.5. The minimum atomic E-state index is -0.631. The van der Waals surface area contributed by atoms with E-state index in [0.717, 1.165) is 0 Å². The van der Waals surface area contributed by atoms with E-state index in [9.17, 15) is 14.4 Å². The Hall–Kier alpha value is -3.36. The molecule has 0 atom stereocenters. The molecule has 1 aromatic heterocycles. The molecule has 0 fully saturated rings. The molecule has 2 aromatic carbocycles. The van der Waals surface area contributed by atoms with E-state index in [2.05, 4.69) is 20.7 Å². The average Bonchev–Trinajstić information content (AvgIpc) is 3.06. The molecule has 0 bridgehead atoms. The van der Waals surface area contributed by atoms with Crippen LogP contribution in [0.2, 0.25) is 0 Å². The summed E-state index contributed by atoms with van der Waals surface area (Å²) >= 11 is 0. The molecule has 0 unspecified atom stereocenters. The van der Waals surface area contributed by atoms with Gasteiger partial charge in [-0.15, -0.1) is 10.2 Å². The number of ether oxygens (including phenoxy) is 1. The third-order valence-electron chi connectivity index (χ3n) is 3.45. The van der Waals surface area contributed by atoms with Crippen molar-refractivity contribution in [1.29, 1.82) is 0 Å². The zero-order valence-corrected chi connectivity index (χ0v) is 12.9. The van der Waals surface area contributed by atoms with Crippen LogP contribution in [0.15, 0.2) is 39.0 Å². The van der Waals surface area contributed by atoms with Crippen LogP contribution >= 0.6 is 0 Å². The van der Waals surface area contributed by atoms with Crippen LogP contribution in [0.3, 0.4) is 0 Å². The molecule has 9 heteroatoms. The Balaban J connectivity index is 2.00. The lowest BCUT2D eigenvalue weighted by Gasteiger charge is -2.02. The molecule has 1 N–H and O–H groups in total. The van der Waals surface area contributed by atoms with Gasteiger partial charge in [0.05, 0.1) is 6.61 Å². The van der Waals surface area contributed by atoms with Crippen LogP contribution < -0.4 is 21.6 Å². The summed E-state index contributed by atoms with van der Waals surface area (Å²) in [7, 11) is 1.53. The van der Waals surface area contributed by atoms with Gasteiger partial charge in [-0.1, -0.05) is 24.3 Å². The zero-order chi connectivity index (χ0) is 17.3. The topological polar surface area (TPSA) is 116 Å². The number of carbonyl (C=O) groups excluding carboxylic acids is 1. The van der Waals surface area contributed by atoms with Crippen molar-refractivity contribution in [2.75, 3.05) is 12.0 Å². The molecule has 0 aliphatic rings. The molecule has 0 spiro atoms. The third-order valence-corrected chi connectivity index (χ3v) is 3.45. The number of carbonyl (C=O) groups is 1. The quantitative estimate of drug-likeness (QED) is 0.515. The standard InChI is InChI=1S/C15H13N5O4/c1-3-24-14(23)13-17-19-15(20(13)2)18-16-10-11(21)8-6-4-5-7-9(8)12(10)22/h4-7H,3H2,1-2H3,(H,18,19). The summed E-state index contributed by atoms with van der Waals surface area (Å²) in [4.78, 5) is 36.1. The van der Waals surface area contributed by atoms with Gasteiger partial charge in [0.25, 0.3) is 0 Å². The van der Waals surface area contributed by atoms with Crippen molar-refractivity contribution < 1.29 is 9.53 Å². The van der Waals surface area contributed by atoms with Crippen molar-refractivity contribution in [2.45, 2.75) is 6.92 Å². The minimum Gasteiger partial charge on any atom is -0.460 e. The summed E-state index contributed by atoms with van der Waals surface area (Å²) in [6.45, 7) is 1.88. The molecule has 0 aliphatic heterocycles. The van der Waals surface area contributed by atoms with E-state index in [4.69, 9.17) is 4.74 Å². The Labute approximate surface area is 134 Å². The van der Waals surface area contributed by atoms with Crippen LogP contribution in [-0.2, 0) is 11.8 Å². The number of benzene rings is 1. The lowest BCUT2D eigenvalue weighted by molar-refractivity contribution is 0.0507. The molecule has 0 aliphatic carbocycles. The fourth-order valence-corrected chi connectivity index (χ4v) is 2.24. The molecule has 0 saturated carbocycles. The second-order valence-corrected chi connectivity index (χ2v) is 4.90. The number of nitrogens with zero attached hydrogens (tertiary/aromatic N) is 4. The maximum absolute atomic E-state index is 12.2. The summed E-state index contributed by atoms with van der Waals surface area (Å²) in [5, 5.41) is 11.7. The Kier molecular flexibility index (Phi) is 3.90. The number of hydrogen-bond acceptors (Lipinski definition) is 8. The van der Waals surface area contributed by atoms with Gasteiger partial charge in [-0.2, -0.15) is 5.10 Å². The number of nitrogens with one attached hydrogen (secondary N) is 1. The fourth-order valence-electron chi connectivity index (χ4n) is 2.24. The van der Waals surface area contributed by atoms with Crippen molar-refractivity contribution in [3.63, 3.8) is 0 Å². The van der Waals surface area contributed by atoms with E-state index in [1.807, 2.05) is 0 Å². The van der Waals surface area contributed by atoms with Crippen LogP contribution in [0.25, 0.3) is 10.8 Å². The van der Waals surface area contributed by atoms with Gasteiger partial charge in [0.1, 0.15) is 0 Å². The molecule has 122 valence electrons. The molecule has 3 rings (SSSR count). The molecular formula is C15H13N5O4. The number of hydrogen-bond donors (Lipinski definition) is 1. The third kappa shape index (κ3) is 2.45. The first-order valence-electron chi connectivity index (χ1n) is 7.13. The van der Waals surface area contributed by atoms with Crippen molar-refractivity contribution in [2.24, 2.45) is 12.1 Å². The van der Waals surface area contributed by atoms with Crippen LogP contribution in [0, 0.1) is 0 Å². The van der Waals surface area contributed by atoms with E-state index in [1.54, 1.807) is 31.2 Å². The number of fused-ring (bicyclic) bond motifs is 1. The molecular weight excluding hydrogens is 314 g/mol. The Morgan fingerprint density at radius 3 is 2.42 bits per heavy atom. The largest absolute Gasteiger partial charge is 0.460 e. The van der Waals surface area contributed by atoms with E-state index < -0.39 is 16.8 Å². The van der Waals surface area contributed by atoms with Crippen LogP contribution in [0.5, 0.6) is 0 Å². The lowest BCUT2D eigenvalue weighted by atomic mass is 10.2. The molecule has 0 radical (unpaired) electrons. The van der Waals surface area contributed by atoms with Crippen molar-refractivity contribution in [1.82, 2.24) is 14.8 Å². The first-order valence-corrected chi connectivity index (χ1v) is 7.13. The van der Waals surface area contributed by atoms with E-state index in [0.29, 0.717) is 10.8 Å². The maximum atomic E-state index is 12.2. The SMILES string of the molecule is CCOC(=O)c1nnc(NN=c2c(=O)c3ccccc3c2=O)n1C. The van der Waals surface area contributed by atoms with Gasteiger partial charge >= 0.3 is 5.97 Å². The van der Waals surface area contributed by atoms with Gasteiger partial charge in [-0.3, -0.25) is 14.2 Å². The van der Waals surface area contributed by atoms with E-state index >= 15 is 0 Å². The Bertz CT molecular complexity index is 1030. The predicted molar refractivity (Wildman–Crippen MR) is 85.0 cm³/mol. The molecule has 0 amide bonds. The maximum Gasteiger partial charge on any atom is 0.376 e. The highest BCUT2D eigenvalue weighted by Crippen LogP contribution is 2.06. The second kappa shape index (κ2) is 6.03. The molecule has 9 nitrogen and oxygen atoms in total. The van der Waals surface area contributed by atoms with E-state index in [-0.39, 0.29) is 23.7 Å². The van der Waals surface area contributed by atoms with Gasteiger partial charge in [0, 0.05) is 17.8 Å². The number of esters is 1. The first-order chi connectivity index (χ1) is 11.5. The Morgan fingerprint density at radius 1 is 1.21 bits per heavy atom. The van der Waals surface area contributed by atoms with Crippen molar-refractivity contribution in [3.05, 3.63) is 55.9 Å². The number of anilines is 1. The highest BCUT2D eigenvalue weighted by Gasteiger charge is 2.17. The predicted octanol–water partition coefficient (Wildman–Crippen LogP) is -0.331. The van der Waals surface area contributed by atoms with Gasteiger partial charge in [-0.05, 0) is 6.92 Å². The molecule has 1 heterocycles. The van der Waals surface area contributed by atoms with Gasteiger partial charge in [0.15, 0.2) is 5.36 Å². The van der Waals surface area contributed by atoms with E-state index in [1.165, 1.54) is 11.6 Å². The first kappa shape index (κ1) is 15.5. The summed E-state index contributed by atoms with van der Waals surface area (Å²) in [5.74, 6) is -0.553. The van der Waals surface area contributed by atoms with Crippen molar-refractivity contribution >= 4 is 22.7 Å². The molecule has 24 heavy (non-hydrogen) atoms. The van der Waals surface area contributed by atoms with Crippen LogP contribution in [-0.4, -0.2) is 27.3 Å². The number of aromatic nitrogens is 3. The van der Waals surface area contributed by atoms with Crippen LogP contribution in [0.4, 0.5) is 5.95 Å². The normalized spacial score (nSPS) is 10.8. The Morgan fingerprint density at radius 2 is 1.83 bits per heavy atom. The minimum absolute atomic E-state index is 0.0214. The summed E-state index contributed by atoms with van der Waals surface area (Å²) < 4.78 is 6.16. The van der Waals surface area contributed by atoms with Crippen molar-refractivity contribution in [3.8, 4) is 0 Å².